The van der Waals surface area contributed by atoms with Crippen LogP contribution in [0.2, 0.25) is 0 Å². The summed E-state index contributed by atoms with van der Waals surface area (Å²) in [6.07, 6.45) is 0. The number of fused-ring (bicyclic) bond motifs is 3. The fourth-order valence-corrected chi connectivity index (χ4v) is 13.4. The van der Waals surface area contributed by atoms with Gasteiger partial charge in [-0.1, -0.05) is 291 Å². The van der Waals surface area contributed by atoms with E-state index in [1.807, 2.05) is 97.1 Å². The van der Waals surface area contributed by atoms with Gasteiger partial charge in [-0.05, 0) is 165 Å². The first kappa shape index (κ1) is 59.9. The molecule has 0 aliphatic carbocycles. The molecule has 0 bridgehead atoms. The van der Waals surface area contributed by atoms with Crippen LogP contribution in [0.5, 0.6) is 0 Å². The van der Waals surface area contributed by atoms with Gasteiger partial charge in [0.15, 0.2) is 23.3 Å². The highest BCUT2D eigenvalue weighted by Gasteiger charge is 2.18. The summed E-state index contributed by atoms with van der Waals surface area (Å²) in [5.74, 6) is 2.44. The van der Waals surface area contributed by atoms with Crippen LogP contribution < -0.4 is 0 Å². The first-order valence-electron chi connectivity index (χ1n) is 33.3. The predicted molar refractivity (Wildman–Crippen MR) is 408 cm³/mol. The molecule has 17 aromatic rings. The van der Waals surface area contributed by atoms with E-state index in [0.29, 0.717) is 34.4 Å². The smallest absolute Gasteiger partial charge is 0.164 e. The largest absolute Gasteiger partial charge is 0.228 e. The van der Waals surface area contributed by atoms with E-state index in [0.717, 1.165) is 122 Å². The first-order valence-corrected chi connectivity index (χ1v) is 33.3. The summed E-state index contributed by atoms with van der Waals surface area (Å²) >= 11 is 0. The van der Waals surface area contributed by atoms with Crippen molar-refractivity contribution in [2.45, 2.75) is 0 Å². The normalized spacial score (nSPS) is 11.2. The van der Waals surface area contributed by atoms with Crippen LogP contribution in [0.25, 0.3) is 178 Å². The molecule has 0 N–H and O–H groups in total. The second-order valence-corrected chi connectivity index (χ2v) is 25.0. The third-order valence-electron chi connectivity index (χ3n) is 18.9. The lowest BCUT2D eigenvalue weighted by Crippen LogP contribution is -2.00. The van der Waals surface area contributed by atoms with Crippen LogP contribution in [0.15, 0.2) is 346 Å². The quantitative estimate of drug-likeness (QED) is 0.113. The van der Waals surface area contributed by atoms with E-state index in [2.05, 4.69) is 261 Å². The van der Waals surface area contributed by atoms with Gasteiger partial charge in [0, 0.05) is 33.4 Å². The average molecular weight is 1270 g/mol. The van der Waals surface area contributed by atoms with Crippen molar-refractivity contribution in [2.24, 2.45) is 0 Å². The second-order valence-electron chi connectivity index (χ2n) is 25.0. The molecule has 0 fully saturated rings. The number of rotatable bonds is 13. The van der Waals surface area contributed by atoms with E-state index in [4.69, 9.17) is 24.9 Å². The van der Waals surface area contributed by atoms with Gasteiger partial charge in [0.25, 0.3) is 0 Å². The summed E-state index contributed by atoms with van der Waals surface area (Å²) in [6, 6.07) is 125. The highest BCUT2D eigenvalue weighted by atomic mass is 15.0. The van der Waals surface area contributed by atoms with Crippen molar-refractivity contribution < 1.29 is 0 Å². The van der Waals surface area contributed by atoms with Crippen LogP contribution in [-0.4, -0.2) is 24.9 Å². The monoisotopic (exact) mass is 1270 g/mol. The van der Waals surface area contributed by atoms with E-state index in [9.17, 15) is 10.5 Å². The number of aromatic nitrogens is 5. The molecule has 0 unspecified atom stereocenters. The molecule has 2 aromatic heterocycles. The van der Waals surface area contributed by atoms with Gasteiger partial charge in [0.05, 0.1) is 34.7 Å². The van der Waals surface area contributed by atoms with Gasteiger partial charge in [-0.25, -0.2) is 24.9 Å². The van der Waals surface area contributed by atoms with Gasteiger partial charge >= 0.3 is 0 Å². The molecular weight excluding hydrogens is 1220 g/mol. The van der Waals surface area contributed by atoms with Gasteiger partial charge < -0.3 is 0 Å². The maximum absolute atomic E-state index is 9.30. The molecular formula is C93H57N7. The molecule has 0 spiro atoms. The fraction of sp³-hybridized carbons (Fsp3) is 0. The van der Waals surface area contributed by atoms with E-state index in [-0.39, 0.29) is 0 Å². The molecule has 464 valence electrons. The van der Waals surface area contributed by atoms with Crippen LogP contribution in [0.1, 0.15) is 11.1 Å². The number of hydrogen-bond acceptors (Lipinski definition) is 7. The topological polar surface area (TPSA) is 112 Å². The second kappa shape index (κ2) is 26.0. The molecule has 7 heteroatoms. The first-order chi connectivity index (χ1) is 49.4. The molecule has 7 nitrogen and oxygen atoms in total. The number of nitrogens with zero attached hydrogens (tertiary/aromatic N) is 7. The molecule has 100 heavy (non-hydrogen) atoms. The van der Waals surface area contributed by atoms with Crippen LogP contribution in [0.4, 0.5) is 0 Å². The minimum atomic E-state index is 0.588. The van der Waals surface area contributed by atoms with E-state index >= 15 is 0 Å². The summed E-state index contributed by atoms with van der Waals surface area (Å²) in [5, 5.41) is 25.6. The van der Waals surface area contributed by atoms with E-state index in [1.165, 1.54) is 32.5 Å². The highest BCUT2D eigenvalue weighted by molar-refractivity contribution is 6.06. The van der Waals surface area contributed by atoms with Crippen molar-refractivity contribution in [2.75, 3.05) is 0 Å². The van der Waals surface area contributed by atoms with Crippen molar-refractivity contribution >= 4 is 32.3 Å². The maximum atomic E-state index is 9.30. The molecule has 0 atom stereocenters. The summed E-state index contributed by atoms with van der Waals surface area (Å²) in [7, 11) is 0. The molecule has 0 saturated heterocycles. The zero-order valence-electron chi connectivity index (χ0n) is 54.0. The van der Waals surface area contributed by atoms with E-state index < -0.39 is 0 Å². The van der Waals surface area contributed by atoms with Crippen molar-refractivity contribution in [3.63, 3.8) is 0 Å². The van der Waals surface area contributed by atoms with Gasteiger partial charge in [-0.15, -0.1) is 0 Å². The Kier molecular flexibility index (Phi) is 15.6. The lowest BCUT2D eigenvalue weighted by molar-refractivity contribution is 1.07. The van der Waals surface area contributed by atoms with Crippen molar-refractivity contribution in [1.82, 2.24) is 24.9 Å². The zero-order chi connectivity index (χ0) is 66.9. The third kappa shape index (κ3) is 12.0. The molecule has 0 aliphatic heterocycles. The van der Waals surface area contributed by atoms with Crippen LogP contribution >= 0.6 is 0 Å². The summed E-state index contributed by atoms with van der Waals surface area (Å²) in [6.45, 7) is 0. The Bertz CT molecular complexity index is 6020. The Morgan fingerprint density at radius 1 is 0.180 bits per heavy atom. The molecule has 0 aliphatic rings. The fourth-order valence-electron chi connectivity index (χ4n) is 13.4. The average Bonchev–Trinajstić information content (AvgIpc) is 0.778. The Morgan fingerprint density at radius 2 is 0.430 bits per heavy atom. The highest BCUT2D eigenvalue weighted by Crippen LogP contribution is 2.40. The molecule has 0 radical (unpaired) electrons. The molecule has 0 saturated carbocycles. The number of hydrogen-bond donors (Lipinski definition) is 0. The number of nitriles is 2. The molecule has 15 aromatic carbocycles. The van der Waals surface area contributed by atoms with Gasteiger partial charge in [-0.2, -0.15) is 10.5 Å². The minimum absolute atomic E-state index is 0.588. The molecule has 2 heterocycles. The van der Waals surface area contributed by atoms with Gasteiger partial charge in [0.2, 0.25) is 0 Å². The summed E-state index contributed by atoms with van der Waals surface area (Å²) in [4.78, 5) is 25.6. The minimum Gasteiger partial charge on any atom is -0.228 e. The SMILES string of the molecule is N#Cc1ccc(-c2ccc(-c3ccc4cc(-c5ccc(-c6cc(-c7ccc(-c8ccc(-c9nc(-c%10ccccc%10)nc(-c%10ccc(-c%11ccc(-c%12ccc%13cc(-c%14ccc(C#N)cc%14)ccc%13c%12)c%12ccccc%11%12)cc%10)n9)cc8)cc7)nc(-c7ccccc7)n6)cc5)ccc4c3)cc2)cc1. The lowest BCUT2D eigenvalue weighted by Gasteiger charge is -2.14. The van der Waals surface area contributed by atoms with Gasteiger partial charge in [-0.3, -0.25) is 0 Å². The Balaban J connectivity index is 0.610. The Morgan fingerprint density at radius 3 is 0.790 bits per heavy atom. The summed E-state index contributed by atoms with van der Waals surface area (Å²) < 4.78 is 0. The molecule has 17 rings (SSSR count). The Labute approximate surface area is 579 Å². The van der Waals surface area contributed by atoms with Crippen LogP contribution in [-0.2, 0) is 0 Å². The zero-order valence-corrected chi connectivity index (χ0v) is 54.0. The van der Waals surface area contributed by atoms with Crippen molar-refractivity contribution in [3.8, 4) is 158 Å². The van der Waals surface area contributed by atoms with Crippen molar-refractivity contribution in [1.29, 1.82) is 10.5 Å². The maximum Gasteiger partial charge on any atom is 0.164 e. The lowest BCUT2D eigenvalue weighted by atomic mass is 9.91. The number of benzene rings is 15. The van der Waals surface area contributed by atoms with Crippen molar-refractivity contribution in [3.05, 3.63) is 357 Å². The van der Waals surface area contributed by atoms with E-state index in [1.54, 1.807) is 0 Å². The summed E-state index contributed by atoms with van der Waals surface area (Å²) in [5.41, 5.74) is 24.3. The van der Waals surface area contributed by atoms with Gasteiger partial charge in [0.1, 0.15) is 0 Å². The van der Waals surface area contributed by atoms with Crippen LogP contribution in [0, 0.1) is 22.7 Å². The van der Waals surface area contributed by atoms with Crippen LogP contribution in [0.3, 0.4) is 0 Å². The standard InChI is InChI=1S/C93H57N7/c94-58-60-15-19-62(20-16-60)63-23-25-67(26-24-63)77-43-46-80-55-78(44-47-79(80)54-77)68-29-37-71(38-30-68)89-57-88(96-90(97-89)72-9-3-1-4-10-72)70-35-27-64(28-36-70)65-31-39-74(40-32-65)92-98-91(73-11-5-2-6-12-73)99-93(100-92)75-41-33-69(34-42-75)84-51-52-85(87-14-8-7-13-86(84)87)83-50-49-81-53-76(45-48-82(81)56-83)66-21-17-61(59-95)18-22-66/h1-57H. The third-order valence-corrected chi connectivity index (χ3v) is 18.9. The predicted octanol–water partition coefficient (Wildman–Crippen LogP) is 23.5. The molecule has 0 amide bonds. The Hall–Kier alpha value is -13.9.